The van der Waals surface area contributed by atoms with Gasteiger partial charge >= 0.3 is 0 Å². The second-order valence-electron chi connectivity index (χ2n) is 4.64. The summed E-state index contributed by atoms with van der Waals surface area (Å²) in [6.07, 6.45) is 3.18. The maximum Gasteiger partial charge on any atom is 0.143 e. The van der Waals surface area contributed by atoms with E-state index in [9.17, 15) is 4.79 Å². The van der Waals surface area contributed by atoms with Gasteiger partial charge in [0.15, 0.2) is 0 Å². The van der Waals surface area contributed by atoms with Crippen molar-refractivity contribution in [2.24, 2.45) is 5.92 Å². The second-order valence-corrected chi connectivity index (χ2v) is 4.64. The number of hydrogen-bond donors (Lipinski definition) is 0. The van der Waals surface area contributed by atoms with Gasteiger partial charge in [-0.1, -0.05) is 23.8 Å². The second kappa shape index (κ2) is 2.69. The zero-order valence-corrected chi connectivity index (χ0v) is 8.42. The molecule has 2 aliphatic rings. The summed E-state index contributed by atoms with van der Waals surface area (Å²) in [5.74, 6) is 1.08. The minimum absolute atomic E-state index is 0.240. The zero-order valence-electron chi connectivity index (χ0n) is 8.42. The normalized spacial score (nSPS) is 29.1. The van der Waals surface area contributed by atoms with Crippen molar-refractivity contribution in [1.29, 1.82) is 0 Å². The van der Waals surface area contributed by atoms with E-state index >= 15 is 0 Å². The molecule has 0 radical (unpaired) electrons. The first-order chi connectivity index (χ1) is 6.75. The van der Waals surface area contributed by atoms with Crippen LogP contribution in [-0.2, 0) is 11.2 Å². The van der Waals surface area contributed by atoms with Crippen LogP contribution in [0.3, 0.4) is 0 Å². The van der Waals surface area contributed by atoms with E-state index in [1.165, 1.54) is 16.7 Å². The Labute approximate surface area is 84.1 Å². The van der Waals surface area contributed by atoms with Crippen LogP contribution in [0.1, 0.15) is 35.4 Å². The number of Topliss-reactive ketones (excluding diaryl/α,β-unsaturated/α-hetero) is 1. The van der Waals surface area contributed by atoms with E-state index in [-0.39, 0.29) is 5.92 Å². The first-order valence-electron chi connectivity index (χ1n) is 5.39. The molecule has 14 heavy (non-hydrogen) atoms. The molecule has 1 heteroatoms. The molecule has 3 rings (SSSR count). The van der Waals surface area contributed by atoms with Crippen molar-refractivity contribution in [2.45, 2.75) is 32.1 Å². The fraction of sp³-hybridized carbons (Fsp3) is 0.462. The molecule has 0 saturated heterocycles. The fourth-order valence-electron chi connectivity index (χ4n) is 2.97. The van der Waals surface area contributed by atoms with Gasteiger partial charge in [0.25, 0.3) is 0 Å². The first kappa shape index (κ1) is 8.22. The molecule has 72 valence electrons. The van der Waals surface area contributed by atoms with Crippen LogP contribution in [0.15, 0.2) is 18.2 Å². The third-order valence-corrected chi connectivity index (χ3v) is 3.69. The van der Waals surface area contributed by atoms with Crippen molar-refractivity contribution < 1.29 is 4.79 Å². The van der Waals surface area contributed by atoms with E-state index in [0.717, 1.165) is 19.3 Å². The number of hydrogen-bond acceptors (Lipinski definition) is 1. The molecule has 1 nitrogen and oxygen atoms in total. The molecule has 1 aromatic carbocycles. The van der Waals surface area contributed by atoms with Crippen LogP contribution in [0.4, 0.5) is 0 Å². The summed E-state index contributed by atoms with van der Waals surface area (Å²) in [5, 5.41) is 0. The van der Waals surface area contributed by atoms with Gasteiger partial charge in [-0.05, 0) is 37.3 Å². The van der Waals surface area contributed by atoms with Gasteiger partial charge < -0.3 is 0 Å². The SMILES string of the molecule is Cc1ccc2c(c1)CC1CCC2C1=O. The molecule has 1 saturated carbocycles. The number of rotatable bonds is 0. The lowest BCUT2D eigenvalue weighted by Crippen LogP contribution is -2.22. The maximum atomic E-state index is 11.8. The third kappa shape index (κ3) is 0.985. The predicted octanol–water partition coefficient (Wildman–Crippen LogP) is 2.61. The highest BCUT2D eigenvalue weighted by molar-refractivity contribution is 5.92. The van der Waals surface area contributed by atoms with Gasteiger partial charge in [0.05, 0.1) is 0 Å². The fourth-order valence-corrected chi connectivity index (χ4v) is 2.97. The lowest BCUT2D eigenvalue weighted by Gasteiger charge is -2.22. The highest BCUT2D eigenvalue weighted by atomic mass is 16.1. The predicted molar refractivity (Wildman–Crippen MR) is 55.4 cm³/mol. The molecule has 2 bridgehead atoms. The Hall–Kier alpha value is -1.11. The van der Waals surface area contributed by atoms with E-state index in [1.807, 2.05) is 0 Å². The standard InChI is InChI=1S/C13H14O/c1-8-2-4-11-10(6-8)7-9-3-5-12(11)13(9)14/h2,4,6,9,12H,3,5,7H2,1H3. The molecular formula is C13H14O. The number of aryl methyl sites for hydroxylation is 1. The Kier molecular flexibility index (Phi) is 1.58. The molecule has 2 atom stereocenters. The van der Waals surface area contributed by atoms with Crippen molar-refractivity contribution in [3.8, 4) is 0 Å². The number of benzene rings is 1. The summed E-state index contributed by atoms with van der Waals surface area (Å²) in [5.41, 5.74) is 4.06. The largest absolute Gasteiger partial charge is 0.299 e. The van der Waals surface area contributed by atoms with Gasteiger partial charge in [-0.2, -0.15) is 0 Å². The summed E-state index contributed by atoms with van der Waals surface area (Å²) in [7, 11) is 0. The molecule has 0 N–H and O–H groups in total. The van der Waals surface area contributed by atoms with Crippen molar-refractivity contribution >= 4 is 5.78 Å². The van der Waals surface area contributed by atoms with E-state index in [1.54, 1.807) is 0 Å². The smallest absolute Gasteiger partial charge is 0.143 e. The summed E-state index contributed by atoms with van der Waals surface area (Å²) in [6.45, 7) is 2.12. The average Bonchev–Trinajstić information content (AvgIpc) is 2.44. The molecule has 0 heterocycles. The Morgan fingerprint density at radius 2 is 2.14 bits per heavy atom. The molecule has 2 unspecified atom stereocenters. The summed E-state index contributed by atoms with van der Waals surface area (Å²) in [6, 6.07) is 6.55. The Morgan fingerprint density at radius 3 is 3.00 bits per heavy atom. The molecular weight excluding hydrogens is 172 g/mol. The lowest BCUT2D eigenvalue weighted by molar-refractivity contribution is -0.122. The van der Waals surface area contributed by atoms with Crippen LogP contribution in [0, 0.1) is 12.8 Å². The van der Waals surface area contributed by atoms with Crippen molar-refractivity contribution in [3.63, 3.8) is 0 Å². The minimum Gasteiger partial charge on any atom is -0.299 e. The number of ketones is 1. The van der Waals surface area contributed by atoms with Gasteiger partial charge in [-0.15, -0.1) is 0 Å². The summed E-state index contributed by atoms with van der Waals surface area (Å²) in [4.78, 5) is 11.8. The van der Waals surface area contributed by atoms with Crippen molar-refractivity contribution in [1.82, 2.24) is 0 Å². The monoisotopic (exact) mass is 186 g/mol. The van der Waals surface area contributed by atoms with Gasteiger partial charge in [0, 0.05) is 11.8 Å². The van der Waals surface area contributed by atoms with Gasteiger partial charge in [0.2, 0.25) is 0 Å². The quantitative estimate of drug-likeness (QED) is 0.608. The van der Waals surface area contributed by atoms with Gasteiger partial charge in [-0.25, -0.2) is 0 Å². The average molecular weight is 186 g/mol. The Balaban J connectivity index is 2.16. The van der Waals surface area contributed by atoms with Crippen LogP contribution in [0.25, 0.3) is 0 Å². The van der Waals surface area contributed by atoms with E-state index in [0.29, 0.717) is 11.7 Å². The van der Waals surface area contributed by atoms with E-state index < -0.39 is 0 Å². The maximum absolute atomic E-state index is 11.8. The van der Waals surface area contributed by atoms with Crippen LogP contribution >= 0.6 is 0 Å². The molecule has 0 amide bonds. The van der Waals surface area contributed by atoms with Crippen molar-refractivity contribution in [2.75, 3.05) is 0 Å². The molecule has 1 fully saturated rings. The minimum atomic E-state index is 0.240. The Bertz CT molecular complexity index is 406. The van der Waals surface area contributed by atoms with Gasteiger partial charge in [0.1, 0.15) is 5.78 Å². The molecule has 1 aromatic rings. The zero-order chi connectivity index (χ0) is 9.71. The van der Waals surface area contributed by atoms with Crippen LogP contribution in [-0.4, -0.2) is 5.78 Å². The summed E-state index contributed by atoms with van der Waals surface area (Å²) < 4.78 is 0. The third-order valence-electron chi connectivity index (χ3n) is 3.69. The Morgan fingerprint density at radius 1 is 1.29 bits per heavy atom. The van der Waals surface area contributed by atoms with Crippen molar-refractivity contribution in [3.05, 3.63) is 34.9 Å². The molecule has 0 aromatic heterocycles. The van der Waals surface area contributed by atoms with Crippen LogP contribution in [0.5, 0.6) is 0 Å². The highest BCUT2D eigenvalue weighted by Gasteiger charge is 2.40. The van der Waals surface area contributed by atoms with E-state index in [2.05, 4.69) is 25.1 Å². The first-order valence-corrected chi connectivity index (χ1v) is 5.39. The van der Waals surface area contributed by atoms with Crippen LogP contribution < -0.4 is 0 Å². The van der Waals surface area contributed by atoms with Gasteiger partial charge in [-0.3, -0.25) is 4.79 Å². The lowest BCUT2D eigenvalue weighted by atomic mass is 9.81. The number of fused-ring (bicyclic) bond motifs is 4. The molecule has 0 spiro atoms. The molecule has 2 aliphatic carbocycles. The van der Waals surface area contributed by atoms with E-state index in [4.69, 9.17) is 0 Å². The highest BCUT2D eigenvalue weighted by Crippen LogP contribution is 2.43. The number of carbonyl (C=O) groups excluding carboxylic acids is 1. The topological polar surface area (TPSA) is 17.1 Å². The number of carbonyl (C=O) groups is 1. The molecule has 0 aliphatic heterocycles. The summed E-state index contributed by atoms with van der Waals surface area (Å²) >= 11 is 0. The van der Waals surface area contributed by atoms with Crippen LogP contribution in [0.2, 0.25) is 0 Å².